The smallest absolute Gasteiger partial charge is 0.325 e. The second kappa shape index (κ2) is 7.18. The van der Waals surface area contributed by atoms with E-state index in [1.807, 2.05) is 4.98 Å². The van der Waals surface area contributed by atoms with Gasteiger partial charge in [0.1, 0.15) is 5.69 Å². The summed E-state index contributed by atoms with van der Waals surface area (Å²) >= 11 is 0. The lowest BCUT2D eigenvalue weighted by atomic mass is 10.1. The van der Waals surface area contributed by atoms with Gasteiger partial charge in [0.25, 0.3) is 5.56 Å². The van der Waals surface area contributed by atoms with E-state index in [0.29, 0.717) is 5.56 Å². The molecule has 1 unspecified atom stereocenters. The first-order valence-electron chi connectivity index (χ1n) is 6.61. The number of benzene rings is 1. The summed E-state index contributed by atoms with van der Waals surface area (Å²) in [6.07, 6.45) is 0.00923. The molecule has 0 bridgehead atoms. The van der Waals surface area contributed by atoms with Gasteiger partial charge in [-0.05, 0) is 5.56 Å². The van der Waals surface area contributed by atoms with Gasteiger partial charge in [-0.25, -0.2) is 4.79 Å². The lowest BCUT2D eigenvalue weighted by Gasteiger charge is -2.11. The maximum Gasteiger partial charge on any atom is 0.325 e. The Morgan fingerprint density at radius 3 is 2.48 bits per heavy atom. The predicted octanol–water partition coefficient (Wildman–Crippen LogP) is -1.15. The third-order valence-electron chi connectivity index (χ3n) is 2.91. The van der Waals surface area contributed by atoms with Crippen LogP contribution < -0.4 is 21.9 Å². The van der Waals surface area contributed by atoms with E-state index in [1.54, 1.807) is 30.3 Å². The summed E-state index contributed by atoms with van der Waals surface area (Å²) in [5.74, 6) is -2.12. The lowest BCUT2D eigenvalue weighted by Crippen LogP contribution is -2.39. The monoisotopic (exact) mass is 318 g/mol. The van der Waals surface area contributed by atoms with E-state index >= 15 is 0 Å². The summed E-state index contributed by atoms with van der Waals surface area (Å²) in [5.41, 5.74) is -1.25. The molecular formula is C14H14N4O5. The molecule has 1 aromatic heterocycles. The van der Waals surface area contributed by atoms with Crippen molar-refractivity contribution in [2.45, 2.75) is 6.10 Å². The number of carbonyl (C=O) groups excluding carboxylic acids is 2. The molecule has 1 heterocycles. The van der Waals surface area contributed by atoms with Crippen LogP contribution in [0, 0.1) is 0 Å². The van der Waals surface area contributed by atoms with Gasteiger partial charge in [0.15, 0.2) is 0 Å². The molecular weight excluding hydrogens is 304 g/mol. The largest absolute Gasteiger partial charge is 0.387 e. The molecule has 0 aliphatic heterocycles. The molecule has 5 N–H and O–H groups in total. The molecule has 2 amide bonds. The molecule has 2 rings (SSSR count). The van der Waals surface area contributed by atoms with Crippen molar-refractivity contribution < 1.29 is 14.7 Å². The van der Waals surface area contributed by atoms with Crippen LogP contribution in [0.5, 0.6) is 0 Å². The van der Waals surface area contributed by atoms with Gasteiger partial charge in [-0.2, -0.15) is 0 Å². The number of rotatable bonds is 4. The fourth-order valence-electron chi connectivity index (χ4n) is 1.74. The summed E-state index contributed by atoms with van der Waals surface area (Å²) in [6.45, 7) is -0.168. The Morgan fingerprint density at radius 1 is 1.13 bits per heavy atom. The summed E-state index contributed by atoms with van der Waals surface area (Å²) in [5, 5.41) is 14.2. The van der Waals surface area contributed by atoms with Gasteiger partial charge < -0.3 is 20.7 Å². The number of amides is 2. The maximum atomic E-state index is 11.6. The second-order valence-corrected chi connectivity index (χ2v) is 4.58. The number of aromatic nitrogens is 2. The van der Waals surface area contributed by atoms with E-state index in [4.69, 9.17) is 0 Å². The van der Waals surface area contributed by atoms with Gasteiger partial charge in [-0.3, -0.25) is 19.4 Å². The van der Waals surface area contributed by atoms with Crippen LogP contribution in [-0.2, 0) is 9.59 Å². The normalized spacial score (nSPS) is 11.5. The molecule has 0 fully saturated rings. The second-order valence-electron chi connectivity index (χ2n) is 4.58. The van der Waals surface area contributed by atoms with Crippen LogP contribution in [0.15, 0.2) is 46.1 Å². The number of aliphatic hydroxyl groups excluding tert-OH is 1. The number of aromatic amines is 2. The van der Waals surface area contributed by atoms with Crippen molar-refractivity contribution >= 4 is 17.5 Å². The Labute approximate surface area is 129 Å². The van der Waals surface area contributed by atoms with Crippen LogP contribution in [-0.4, -0.2) is 33.4 Å². The van der Waals surface area contributed by atoms with Gasteiger partial charge in [0, 0.05) is 12.7 Å². The fraction of sp³-hybridized carbons (Fsp3) is 0.143. The highest BCUT2D eigenvalue weighted by molar-refractivity contribution is 6.39. The van der Waals surface area contributed by atoms with Crippen LogP contribution in [0.25, 0.3) is 0 Å². The van der Waals surface area contributed by atoms with Crippen LogP contribution in [0.3, 0.4) is 0 Å². The highest BCUT2D eigenvalue weighted by Gasteiger charge is 2.17. The number of aliphatic hydroxyl groups is 1. The number of anilines is 1. The SMILES string of the molecule is O=C(NCC(O)c1ccccc1)C(=O)Nc1c[nH]c(=O)[nH]c1=O. The lowest BCUT2D eigenvalue weighted by molar-refractivity contribution is -0.136. The molecule has 9 nitrogen and oxygen atoms in total. The topological polar surface area (TPSA) is 144 Å². The quantitative estimate of drug-likeness (QED) is 0.452. The molecule has 0 aliphatic rings. The Bertz CT molecular complexity index is 812. The van der Waals surface area contributed by atoms with Crippen LogP contribution in [0.4, 0.5) is 5.69 Å². The molecule has 0 spiro atoms. The Kier molecular flexibility index (Phi) is 5.05. The number of carbonyl (C=O) groups is 2. The molecule has 0 saturated heterocycles. The highest BCUT2D eigenvalue weighted by atomic mass is 16.3. The predicted molar refractivity (Wildman–Crippen MR) is 80.7 cm³/mol. The Balaban J connectivity index is 1.91. The number of hydrogen-bond acceptors (Lipinski definition) is 5. The first-order chi connectivity index (χ1) is 11.0. The van der Waals surface area contributed by atoms with Crippen molar-refractivity contribution in [3.05, 3.63) is 62.9 Å². The van der Waals surface area contributed by atoms with Crippen molar-refractivity contribution in [1.82, 2.24) is 15.3 Å². The molecule has 2 aromatic rings. The van der Waals surface area contributed by atoms with E-state index in [1.165, 1.54) is 0 Å². The summed E-state index contributed by atoms with van der Waals surface area (Å²) in [4.78, 5) is 49.6. The average Bonchev–Trinajstić information content (AvgIpc) is 2.55. The first-order valence-corrected chi connectivity index (χ1v) is 6.61. The van der Waals surface area contributed by atoms with E-state index in [0.717, 1.165) is 6.20 Å². The number of nitrogens with one attached hydrogen (secondary N) is 4. The minimum Gasteiger partial charge on any atom is -0.387 e. The molecule has 1 aromatic carbocycles. The standard InChI is InChI=1S/C14H14N4O5/c19-10(8-4-2-1-3-5-8)7-15-12(21)13(22)17-9-6-16-14(23)18-11(9)20/h1-6,10,19H,7H2,(H,15,21)(H,17,22)(H2,16,18,20,23). The van der Waals surface area contributed by atoms with Gasteiger partial charge in [0.2, 0.25) is 0 Å². The van der Waals surface area contributed by atoms with Crippen LogP contribution >= 0.6 is 0 Å². The third-order valence-corrected chi connectivity index (χ3v) is 2.91. The molecule has 0 radical (unpaired) electrons. The van der Waals surface area contributed by atoms with E-state index in [9.17, 15) is 24.3 Å². The fourth-order valence-corrected chi connectivity index (χ4v) is 1.74. The molecule has 120 valence electrons. The molecule has 0 aliphatic carbocycles. The van der Waals surface area contributed by atoms with E-state index < -0.39 is 29.2 Å². The molecule has 0 saturated carbocycles. The Hall–Kier alpha value is -3.20. The number of H-pyrrole nitrogens is 2. The van der Waals surface area contributed by atoms with Crippen molar-refractivity contribution in [3.63, 3.8) is 0 Å². The summed E-state index contributed by atoms with van der Waals surface area (Å²) in [7, 11) is 0. The van der Waals surface area contributed by atoms with Crippen molar-refractivity contribution in [2.75, 3.05) is 11.9 Å². The third kappa shape index (κ3) is 4.38. The zero-order valence-electron chi connectivity index (χ0n) is 11.8. The van der Waals surface area contributed by atoms with Crippen molar-refractivity contribution in [1.29, 1.82) is 0 Å². The zero-order valence-corrected chi connectivity index (χ0v) is 11.8. The average molecular weight is 318 g/mol. The van der Waals surface area contributed by atoms with Crippen LogP contribution in [0.1, 0.15) is 11.7 Å². The minimum atomic E-state index is -1.09. The van der Waals surface area contributed by atoms with Gasteiger partial charge in [0.05, 0.1) is 6.10 Å². The number of hydrogen-bond donors (Lipinski definition) is 5. The van der Waals surface area contributed by atoms with Gasteiger partial charge in [-0.15, -0.1) is 0 Å². The van der Waals surface area contributed by atoms with Crippen molar-refractivity contribution in [2.24, 2.45) is 0 Å². The summed E-state index contributed by atoms with van der Waals surface area (Å²) < 4.78 is 0. The molecule has 23 heavy (non-hydrogen) atoms. The maximum absolute atomic E-state index is 11.6. The zero-order chi connectivity index (χ0) is 16.8. The molecule has 1 atom stereocenters. The van der Waals surface area contributed by atoms with E-state index in [2.05, 4.69) is 15.6 Å². The van der Waals surface area contributed by atoms with Crippen molar-refractivity contribution in [3.8, 4) is 0 Å². The van der Waals surface area contributed by atoms with Gasteiger partial charge >= 0.3 is 17.5 Å². The van der Waals surface area contributed by atoms with E-state index in [-0.39, 0.29) is 12.2 Å². The minimum absolute atomic E-state index is 0.168. The summed E-state index contributed by atoms with van der Waals surface area (Å²) in [6, 6.07) is 8.60. The molecule has 9 heteroatoms. The Morgan fingerprint density at radius 2 is 1.83 bits per heavy atom. The van der Waals surface area contributed by atoms with Crippen LogP contribution in [0.2, 0.25) is 0 Å². The highest BCUT2D eigenvalue weighted by Crippen LogP contribution is 2.10. The first kappa shape index (κ1) is 16.2. The van der Waals surface area contributed by atoms with Gasteiger partial charge in [-0.1, -0.05) is 30.3 Å².